The fraction of sp³-hybridized carbons (Fsp3) is 0.182. The average Bonchev–Trinajstić information content (AvgIpc) is 2.66. The molecular formula is C11H10Cl2N2S. The summed E-state index contributed by atoms with van der Waals surface area (Å²) in [6.45, 7) is 1.91. The molecule has 2 nitrogen and oxygen atoms in total. The summed E-state index contributed by atoms with van der Waals surface area (Å²) in [6.07, 6.45) is 0. The summed E-state index contributed by atoms with van der Waals surface area (Å²) in [6, 6.07) is 5.33. The molecule has 0 aliphatic carbocycles. The number of nitrogens with zero attached hydrogens (tertiary/aromatic N) is 1. The lowest BCUT2D eigenvalue weighted by Crippen LogP contribution is -2.03. The maximum atomic E-state index is 6.10. The second kappa shape index (κ2) is 4.72. The highest BCUT2D eigenvalue weighted by Gasteiger charge is 2.10. The molecule has 0 radical (unpaired) electrons. The first-order valence-corrected chi connectivity index (χ1v) is 6.38. The van der Waals surface area contributed by atoms with Crippen LogP contribution in [0, 0.1) is 0 Å². The number of aromatic nitrogens is 1. The molecule has 1 atom stereocenters. The van der Waals surface area contributed by atoms with Crippen molar-refractivity contribution in [2.75, 3.05) is 0 Å². The highest BCUT2D eigenvalue weighted by Crippen LogP contribution is 2.31. The summed E-state index contributed by atoms with van der Waals surface area (Å²) >= 11 is 13.5. The van der Waals surface area contributed by atoms with Gasteiger partial charge in [-0.1, -0.05) is 23.2 Å². The third-order valence-corrected chi connectivity index (χ3v) is 3.71. The van der Waals surface area contributed by atoms with Gasteiger partial charge < -0.3 is 5.73 Å². The van der Waals surface area contributed by atoms with E-state index < -0.39 is 0 Å². The summed E-state index contributed by atoms with van der Waals surface area (Å²) in [7, 11) is 0. The van der Waals surface area contributed by atoms with Crippen molar-refractivity contribution >= 4 is 34.5 Å². The molecule has 0 aliphatic rings. The van der Waals surface area contributed by atoms with Crippen molar-refractivity contribution in [2.24, 2.45) is 5.73 Å². The predicted molar refractivity (Wildman–Crippen MR) is 70.2 cm³/mol. The second-order valence-electron chi connectivity index (χ2n) is 3.48. The standard InChI is InChI=1S/C11H10Cl2N2S/c1-6(14)11-15-10(5-16-11)8-3-2-7(12)4-9(8)13/h2-6H,14H2,1H3. The van der Waals surface area contributed by atoms with Gasteiger partial charge in [-0.15, -0.1) is 11.3 Å². The van der Waals surface area contributed by atoms with Crippen LogP contribution in [-0.4, -0.2) is 4.98 Å². The normalized spacial score (nSPS) is 12.8. The van der Waals surface area contributed by atoms with Gasteiger partial charge in [0, 0.05) is 16.0 Å². The van der Waals surface area contributed by atoms with Gasteiger partial charge in [0.1, 0.15) is 5.01 Å². The Bertz CT molecular complexity index is 508. The Morgan fingerprint density at radius 1 is 1.38 bits per heavy atom. The molecule has 5 heteroatoms. The SMILES string of the molecule is CC(N)c1nc(-c2ccc(Cl)cc2Cl)cs1. The molecular weight excluding hydrogens is 263 g/mol. The zero-order valence-corrected chi connectivity index (χ0v) is 10.9. The van der Waals surface area contributed by atoms with Crippen LogP contribution in [0.3, 0.4) is 0 Å². The third-order valence-electron chi connectivity index (χ3n) is 2.12. The maximum absolute atomic E-state index is 6.10. The Morgan fingerprint density at radius 2 is 2.12 bits per heavy atom. The summed E-state index contributed by atoms with van der Waals surface area (Å²) in [5.41, 5.74) is 7.49. The first kappa shape index (κ1) is 11.9. The van der Waals surface area contributed by atoms with Crippen molar-refractivity contribution in [1.82, 2.24) is 4.98 Å². The Kier molecular flexibility index (Phi) is 3.50. The number of halogens is 2. The van der Waals surface area contributed by atoms with Crippen molar-refractivity contribution in [3.63, 3.8) is 0 Å². The molecule has 1 aromatic heterocycles. The van der Waals surface area contributed by atoms with Crippen molar-refractivity contribution < 1.29 is 0 Å². The first-order valence-electron chi connectivity index (χ1n) is 4.74. The van der Waals surface area contributed by atoms with E-state index in [1.165, 1.54) is 11.3 Å². The molecule has 2 rings (SSSR count). The van der Waals surface area contributed by atoms with Crippen LogP contribution in [0.2, 0.25) is 10.0 Å². The van der Waals surface area contributed by atoms with Gasteiger partial charge in [0.05, 0.1) is 16.8 Å². The Hall–Kier alpha value is -0.610. The van der Waals surface area contributed by atoms with Crippen molar-refractivity contribution in [3.05, 3.63) is 38.6 Å². The van der Waals surface area contributed by atoms with Crippen LogP contribution in [0.5, 0.6) is 0 Å². The highest BCUT2D eigenvalue weighted by molar-refractivity contribution is 7.10. The molecule has 0 fully saturated rings. The van der Waals surface area contributed by atoms with E-state index in [1.807, 2.05) is 18.4 Å². The van der Waals surface area contributed by atoms with Gasteiger partial charge in [0.25, 0.3) is 0 Å². The van der Waals surface area contributed by atoms with Crippen LogP contribution in [0.4, 0.5) is 0 Å². The van der Waals surface area contributed by atoms with E-state index in [1.54, 1.807) is 12.1 Å². The van der Waals surface area contributed by atoms with Gasteiger partial charge in [-0.05, 0) is 25.1 Å². The van der Waals surface area contributed by atoms with Gasteiger partial charge >= 0.3 is 0 Å². The summed E-state index contributed by atoms with van der Waals surface area (Å²) in [4.78, 5) is 4.44. The van der Waals surface area contributed by atoms with Crippen LogP contribution in [0.1, 0.15) is 18.0 Å². The fourth-order valence-corrected chi connectivity index (χ4v) is 2.60. The van der Waals surface area contributed by atoms with E-state index in [-0.39, 0.29) is 6.04 Å². The Labute approximate surface area is 108 Å². The largest absolute Gasteiger partial charge is 0.322 e. The molecule has 0 amide bonds. The van der Waals surface area contributed by atoms with Crippen LogP contribution >= 0.6 is 34.5 Å². The number of rotatable bonds is 2. The number of thiazole rings is 1. The Morgan fingerprint density at radius 3 is 2.69 bits per heavy atom. The zero-order chi connectivity index (χ0) is 11.7. The second-order valence-corrected chi connectivity index (χ2v) is 5.22. The Balaban J connectivity index is 2.42. The summed E-state index contributed by atoms with van der Waals surface area (Å²) in [5, 5.41) is 4.08. The molecule has 16 heavy (non-hydrogen) atoms. The van der Waals surface area contributed by atoms with E-state index in [2.05, 4.69) is 4.98 Å². The number of hydrogen-bond donors (Lipinski definition) is 1. The third kappa shape index (κ3) is 2.38. The molecule has 0 spiro atoms. The maximum Gasteiger partial charge on any atom is 0.110 e. The van der Waals surface area contributed by atoms with Gasteiger partial charge in [0.2, 0.25) is 0 Å². The lowest BCUT2D eigenvalue weighted by atomic mass is 10.2. The van der Waals surface area contributed by atoms with Crippen LogP contribution in [0.25, 0.3) is 11.3 Å². The molecule has 84 valence electrons. The fourth-order valence-electron chi connectivity index (χ4n) is 1.32. The van der Waals surface area contributed by atoms with Crippen LogP contribution in [-0.2, 0) is 0 Å². The number of hydrogen-bond acceptors (Lipinski definition) is 3. The average molecular weight is 273 g/mol. The van der Waals surface area contributed by atoms with Crippen LogP contribution in [0.15, 0.2) is 23.6 Å². The molecule has 2 aromatic rings. The highest BCUT2D eigenvalue weighted by atomic mass is 35.5. The molecule has 1 unspecified atom stereocenters. The lowest BCUT2D eigenvalue weighted by Gasteiger charge is -2.01. The molecule has 0 saturated carbocycles. The minimum absolute atomic E-state index is 0.0511. The first-order chi connectivity index (χ1) is 7.58. The molecule has 0 saturated heterocycles. The van der Waals surface area contributed by atoms with E-state index in [9.17, 15) is 0 Å². The van der Waals surface area contributed by atoms with Crippen molar-refractivity contribution in [2.45, 2.75) is 13.0 Å². The summed E-state index contributed by atoms with van der Waals surface area (Å²) in [5.74, 6) is 0. The minimum Gasteiger partial charge on any atom is -0.322 e. The molecule has 0 bridgehead atoms. The van der Waals surface area contributed by atoms with E-state index >= 15 is 0 Å². The topological polar surface area (TPSA) is 38.9 Å². The quantitative estimate of drug-likeness (QED) is 0.893. The zero-order valence-electron chi connectivity index (χ0n) is 8.58. The predicted octanol–water partition coefficient (Wildman–Crippen LogP) is 4.14. The van der Waals surface area contributed by atoms with Crippen molar-refractivity contribution in [3.8, 4) is 11.3 Å². The summed E-state index contributed by atoms with van der Waals surface area (Å²) < 4.78 is 0. The monoisotopic (exact) mass is 272 g/mol. The van der Waals surface area contributed by atoms with E-state index in [0.717, 1.165) is 16.3 Å². The van der Waals surface area contributed by atoms with Gasteiger partial charge in [-0.3, -0.25) is 0 Å². The molecule has 2 N–H and O–H groups in total. The lowest BCUT2D eigenvalue weighted by molar-refractivity contribution is 0.808. The van der Waals surface area contributed by atoms with E-state index in [0.29, 0.717) is 10.0 Å². The van der Waals surface area contributed by atoms with Crippen molar-refractivity contribution in [1.29, 1.82) is 0 Å². The smallest absolute Gasteiger partial charge is 0.110 e. The number of nitrogens with two attached hydrogens (primary N) is 1. The number of benzene rings is 1. The van der Waals surface area contributed by atoms with Gasteiger partial charge in [0.15, 0.2) is 0 Å². The van der Waals surface area contributed by atoms with Gasteiger partial charge in [-0.2, -0.15) is 0 Å². The molecule has 1 heterocycles. The molecule has 0 aliphatic heterocycles. The molecule has 1 aromatic carbocycles. The van der Waals surface area contributed by atoms with Crippen LogP contribution < -0.4 is 5.73 Å². The van der Waals surface area contributed by atoms with E-state index in [4.69, 9.17) is 28.9 Å². The van der Waals surface area contributed by atoms with Gasteiger partial charge in [-0.25, -0.2) is 4.98 Å². The minimum atomic E-state index is -0.0511.